The van der Waals surface area contributed by atoms with Crippen molar-refractivity contribution in [3.05, 3.63) is 59.6 Å². The van der Waals surface area contributed by atoms with E-state index in [1.807, 2.05) is 0 Å². The maximum atomic E-state index is 12.8. The lowest BCUT2D eigenvalue weighted by atomic mass is 10.1. The van der Waals surface area contributed by atoms with Crippen LogP contribution in [0.2, 0.25) is 5.02 Å². The van der Waals surface area contributed by atoms with Crippen molar-refractivity contribution in [2.45, 2.75) is 0 Å². The fourth-order valence-electron chi connectivity index (χ4n) is 1.71. The molecule has 2 heterocycles. The van der Waals surface area contributed by atoms with Crippen LogP contribution < -0.4 is 0 Å². The molecule has 3 aromatic rings. The fourth-order valence-corrected chi connectivity index (χ4v) is 1.89. The second kappa shape index (κ2) is 4.82. The van der Waals surface area contributed by atoms with Crippen LogP contribution in [0, 0.1) is 5.82 Å². The smallest absolute Gasteiger partial charge is 0.167 e. The average molecular weight is 275 g/mol. The zero-order valence-corrected chi connectivity index (χ0v) is 10.4. The second-order valence-electron chi connectivity index (χ2n) is 3.98. The summed E-state index contributed by atoms with van der Waals surface area (Å²) in [4.78, 5) is 3.99. The van der Waals surface area contributed by atoms with Crippen LogP contribution in [0.5, 0.6) is 0 Å². The van der Waals surface area contributed by atoms with E-state index in [9.17, 15) is 4.39 Å². The summed E-state index contributed by atoms with van der Waals surface area (Å²) in [5.41, 5.74) is 2.16. The van der Waals surface area contributed by atoms with Gasteiger partial charge in [-0.05, 0) is 30.3 Å². The summed E-state index contributed by atoms with van der Waals surface area (Å²) in [6.45, 7) is 0. The highest BCUT2D eigenvalue weighted by molar-refractivity contribution is 6.30. The first-order chi connectivity index (χ1) is 9.22. The highest BCUT2D eigenvalue weighted by Crippen LogP contribution is 2.26. The zero-order chi connectivity index (χ0) is 13.2. The number of halogens is 2. The Kier molecular flexibility index (Phi) is 3.01. The van der Waals surface area contributed by atoms with Crippen molar-refractivity contribution < 1.29 is 8.91 Å². The first-order valence-corrected chi connectivity index (χ1v) is 5.94. The maximum Gasteiger partial charge on any atom is 0.167 e. The molecule has 0 aliphatic carbocycles. The summed E-state index contributed by atoms with van der Waals surface area (Å²) in [6, 6.07) is 9.53. The molecule has 0 amide bonds. The van der Waals surface area contributed by atoms with Gasteiger partial charge < -0.3 is 4.52 Å². The van der Waals surface area contributed by atoms with E-state index >= 15 is 0 Å². The van der Waals surface area contributed by atoms with Crippen LogP contribution in [0.1, 0.15) is 0 Å². The molecule has 5 heteroatoms. The van der Waals surface area contributed by atoms with E-state index in [2.05, 4.69) is 10.1 Å². The van der Waals surface area contributed by atoms with Gasteiger partial charge in [0.2, 0.25) is 0 Å². The Hall–Kier alpha value is -2.20. The summed E-state index contributed by atoms with van der Waals surface area (Å²) in [6.07, 6.45) is 3.20. The third-order valence-electron chi connectivity index (χ3n) is 2.64. The molecule has 2 aromatic heterocycles. The summed E-state index contributed by atoms with van der Waals surface area (Å²) in [5.74, 6) is 0.275. The van der Waals surface area contributed by atoms with E-state index in [4.69, 9.17) is 16.1 Å². The van der Waals surface area contributed by atoms with Crippen molar-refractivity contribution in [3.63, 3.8) is 0 Å². The van der Waals surface area contributed by atoms with Crippen molar-refractivity contribution in [2.24, 2.45) is 0 Å². The molecule has 0 radical (unpaired) electrons. The number of hydrogen-bond acceptors (Lipinski definition) is 3. The Morgan fingerprint density at radius 3 is 2.53 bits per heavy atom. The van der Waals surface area contributed by atoms with Gasteiger partial charge in [0, 0.05) is 29.6 Å². The third-order valence-corrected chi connectivity index (χ3v) is 2.85. The van der Waals surface area contributed by atoms with Crippen molar-refractivity contribution in [1.82, 2.24) is 10.1 Å². The van der Waals surface area contributed by atoms with Gasteiger partial charge in [-0.3, -0.25) is 4.98 Å². The molecule has 0 aliphatic heterocycles. The molecule has 0 saturated heterocycles. The number of aromatic nitrogens is 2. The van der Waals surface area contributed by atoms with E-state index in [-0.39, 0.29) is 5.82 Å². The summed E-state index contributed by atoms with van der Waals surface area (Å²) in [5, 5.41) is 4.49. The summed E-state index contributed by atoms with van der Waals surface area (Å²) < 4.78 is 18.1. The van der Waals surface area contributed by atoms with Crippen LogP contribution in [-0.2, 0) is 0 Å². The minimum absolute atomic E-state index is 0.289. The molecule has 0 spiro atoms. The first-order valence-electron chi connectivity index (χ1n) is 5.56. The normalized spacial score (nSPS) is 10.6. The molecule has 0 N–H and O–H groups in total. The van der Waals surface area contributed by atoms with Crippen LogP contribution in [0.3, 0.4) is 0 Å². The minimum Gasteiger partial charge on any atom is -0.356 e. The average Bonchev–Trinajstić information content (AvgIpc) is 2.89. The van der Waals surface area contributed by atoms with Gasteiger partial charge in [0.05, 0.1) is 5.02 Å². The molecular formula is C14H8ClFN2O. The number of hydrogen-bond donors (Lipinski definition) is 0. The summed E-state index contributed by atoms with van der Waals surface area (Å²) >= 11 is 5.87. The Bertz CT molecular complexity index is 709. The van der Waals surface area contributed by atoms with E-state index in [1.165, 1.54) is 12.1 Å². The van der Waals surface area contributed by atoms with Gasteiger partial charge in [-0.25, -0.2) is 4.39 Å². The predicted octanol–water partition coefficient (Wildman–Crippen LogP) is 4.20. The Morgan fingerprint density at radius 1 is 1.00 bits per heavy atom. The van der Waals surface area contributed by atoms with Gasteiger partial charge in [0.25, 0.3) is 0 Å². The second-order valence-corrected chi connectivity index (χ2v) is 4.41. The van der Waals surface area contributed by atoms with Crippen molar-refractivity contribution in [1.29, 1.82) is 0 Å². The monoisotopic (exact) mass is 274 g/mol. The van der Waals surface area contributed by atoms with Crippen LogP contribution >= 0.6 is 11.6 Å². The highest BCUT2D eigenvalue weighted by Gasteiger charge is 2.09. The van der Waals surface area contributed by atoms with Crippen LogP contribution in [0.15, 0.2) is 53.3 Å². The van der Waals surface area contributed by atoms with Gasteiger partial charge >= 0.3 is 0 Å². The summed E-state index contributed by atoms with van der Waals surface area (Å²) in [7, 11) is 0. The molecule has 94 valence electrons. The van der Waals surface area contributed by atoms with E-state index in [1.54, 1.807) is 36.7 Å². The minimum atomic E-state index is -0.289. The standard InChI is InChI=1S/C14H8ClFN2O/c15-11-5-10(7-17-8-11)13-6-14(19-18-13)9-1-3-12(16)4-2-9/h1-8H. The van der Waals surface area contributed by atoms with Crippen LogP contribution in [0.4, 0.5) is 4.39 Å². The quantitative estimate of drug-likeness (QED) is 0.703. The Labute approximate surface area is 113 Å². The molecule has 1 aromatic carbocycles. The van der Waals surface area contributed by atoms with Gasteiger partial charge in [0.15, 0.2) is 5.76 Å². The lowest BCUT2D eigenvalue weighted by Gasteiger charge is -1.94. The number of benzene rings is 1. The number of rotatable bonds is 2. The predicted molar refractivity (Wildman–Crippen MR) is 70.1 cm³/mol. The van der Waals surface area contributed by atoms with E-state index < -0.39 is 0 Å². The Morgan fingerprint density at radius 2 is 1.79 bits per heavy atom. The first kappa shape index (κ1) is 11.9. The third kappa shape index (κ3) is 2.48. The molecule has 0 fully saturated rings. The molecule has 3 rings (SSSR count). The van der Waals surface area contributed by atoms with Crippen molar-refractivity contribution >= 4 is 11.6 Å². The van der Waals surface area contributed by atoms with Gasteiger partial charge in [-0.2, -0.15) is 0 Å². The van der Waals surface area contributed by atoms with Crippen molar-refractivity contribution in [2.75, 3.05) is 0 Å². The fraction of sp³-hybridized carbons (Fsp3) is 0. The van der Waals surface area contributed by atoms with Gasteiger partial charge in [0.1, 0.15) is 11.5 Å². The molecule has 3 nitrogen and oxygen atoms in total. The van der Waals surface area contributed by atoms with Gasteiger partial charge in [-0.1, -0.05) is 16.8 Å². The Balaban J connectivity index is 1.97. The molecule has 19 heavy (non-hydrogen) atoms. The molecule has 0 saturated carbocycles. The van der Waals surface area contributed by atoms with Crippen LogP contribution in [0.25, 0.3) is 22.6 Å². The number of nitrogens with zero attached hydrogens (tertiary/aromatic N) is 2. The van der Waals surface area contributed by atoms with Gasteiger partial charge in [-0.15, -0.1) is 0 Å². The number of pyridine rings is 1. The highest BCUT2D eigenvalue weighted by atomic mass is 35.5. The van der Waals surface area contributed by atoms with E-state index in [0.29, 0.717) is 16.5 Å². The zero-order valence-electron chi connectivity index (χ0n) is 9.68. The van der Waals surface area contributed by atoms with Crippen molar-refractivity contribution in [3.8, 4) is 22.6 Å². The molecule has 0 aliphatic rings. The largest absolute Gasteiger partial charge is 0.356 e. The lowest BCUT2D eigenvalue weighted by Crippen LogP contribution is -1.79. The van der Waals surface area contributed by atoms with Crippen LogP contribution in [-0.4, -0.2) is 10.1 Å². The topological polar surface area (TPSA) is 38.9 Å². The lowest BCUT2D eigenvalue weighted by molar-refractivity contribution is 0.435. The molecular weight excluding hydrogens is 267 g/mol. The molecule has 0 bridgehead atoms. The maximum absolute atomic E-state index is 12.8. The molecule has 0 atom stereocenters. The van der Waals surface area contributed by atoms with E-state index in [0.717, 1.165) is 11.1 Å². The molecule has 0 unspecified atom stereocenters. The SMILES string of the molecule is Fc1ccc(-c2cc(-c3cncc(Cl)c3)no2)cc1.